The summed E-state index contributed by atoms with van der Waals surface area (Å²) in [5, 5.41) is 3.51. The molecule has 0 aliphatic heterocycles. The van der Waals surface area contributed by atoms with Crippen molar-refractivity contribution in [1.29, 1.82) is 0 Å². The highest BCUT2D eigenvalue weighted by Crippen LogP contribution is 2.05. The summed E-state index contributed by atoms with van der Waals surface area (Å²) in [6.45, 7) is 18.9. The number of hydrogen-bond donors (Lipinski definition) is 4. The first-order valence-electron chi connectivity index (χ1n) is 12.4. The van der Waals surface area contributed by atoms with Gasteiger partial charge in [-0.2, -0.15) is 0 Å². The van der Waals surface area contributed by atoms with Gasteiger partial charge in [0.15, 0.2) is 0 Å². The third-order valence-electron chi connectivity index (χ3n) is 4.31. The van der Waals surface area contributed by atoms with Crippen LogP contribution in [0.4, 0.5) is 0 Å². The van der Waals surface area contributed by atoms with Crippen LogP contribution < -0.4 is 22.5 Å². The largest absolute Gasteiger partial charge is 0.330 e. The van der Waals surface area contributed by atoms with Crippen molar-refractivity contribution in [2.24, 2.45) is 23.1 Å². The SMILES string of the molecule is CCC(C)NCCCCC(C)C.CCCC.CCCCCCN.NC/C=C/CN. The van der Waals surface area contributed by atoms with E-state index in [9.17, 15) is 0 Å². The molecule has 0 radical (unpaired) electrons. The molecule has 0 saturated heterocycles. The van der Waals surface area contributed by atoms with Crippen molar-refractivity contribution in [2.45, 2.75) is 119 Å². The lowest BCUT2D eigenvalue weighted by Crippen LogP contribution is -2.26. The van der Waals surface area contributed by atoms with Crippen LogP contribution in [0.15, 0.2) is 12.2 Å². The Morgan fingerprint density at radius 2 is 1.24 bits per heavy atom. The van der Waals surface area contributed by atoms with E-state index in [1.165, 1.54) is 70.8 Å². The van der Waals surface area contributed by atoms with Gasteiger partial charge in [-0.3, -0.25) is 0 Å². The molecule has 0 heterocycles. The predicted molar refractivity (Wildman–Crippen MR) is 137 cm³/mol. The molecule has 0 aromatic carbocycles. The first-order valence-corrected chi connectivity index (χ1v) is 12.4. The molecule has 0 aliphatic carbocycles. The van der Waals surface area contributed by atoms with Gasteiger partial charge in [-0.15, -0.1) is 0 Å². The number of nitrogens with two attached hydrogens (primary N) is 3. The molecule has 0 rings (SSSR count). The van der Waals surface area contributed by atoms with Crippen LogP contribution >= 0.6 is 0 Å². The van der Waals surface area contributed by atoms with Crippen LogP contribution in [0.25, 0.3) is 0 Å². The fourth-order valence-corrected chi connectivity index (χ4v) is 1.93. The van der Waals surface area contributed by atoms with Crippen LogP contribution in [0.5, 0.6) is 0 Å². The van der Waals surface area contributed by atoms with Crippen molar-refractivity contribution in [3.8, 4) is 0 Å². The second kappa shape index (κ2) is 38.2. The number of hydrogen-bond acceptors (Lipinski definition) is 4. The normalized spacial score (nSPS) is 11.1. The summed E-state index contributed by atoms with van der Waals surface area (Å²) in [5.74, 6) is 0.869. The molecule has 4 heteroatoms. The van der Waals surface area contributed by atoms with Gasteiger partial charge in [-0.25, -0.2) is 0 Å². The Bertz CT molecular complexity index is 243. The summed E-state index contributed by atoms with van der Waals surface area (Å²) in [6, 6.07) is 0.698. The number of rotatable bonds is 14. The maximum absolute atomic E-state index is 5.27. The van der Waals surface area contributed by atoms with E-state index in [2.05, 4.69) is 53.8 Å². The molecular weight excluding hydrogens is 356 g/mol. The van der Waals surface area contributed by atoms with E-state index in [4.69, 9.17) is 17.2 Å². The van der Waals surface area contributed by atoms with Gasteiger partial charge in [-0.05, 0) is 45.2 Å². The molecule has 7 N–H and O–H groups in total. The fourth-order valence-electron chi connectivity index (χ4n) is 1.93. The molecule has 29 heavy (non-hydrogen) atoms. The molecule has 0 aromatic rings. The highest BCUT2D eigenvalue weighted by Gasteiger charge is 1.97. The van der Waals surface area contributed by atoms with Crippen molar-refractivity contribution < 1.29 is 0 Å². The second-order valence-electron chi connectivity index (χ2n) is 7.95. The van der Waals surface area contributed by atoms with E-state index in [1.54, 1.807) is 0 Å². The zero-order chi connectivity index (χ0) is 23.2. The first kappa shape index (κ1) is 36.0. The van der Waals surface area contributed by atoms with Gasteiger partial charge >= 0.3 is 0 Å². The minimum atomic E-state index is 0.594. The van der Waals surface area contributed by atoms with Gasteiger partial charge in [0.05, 0.1) is 0 Å². The second-order valence-corrected chi connectivity index (χ2v) is 7.95. The predicted octanol–water partition coefficient (Wildman–Crippen LogP) is 5.99. The summed E-state index contributed by atoms with van der Waals surface area (Å²) in [6.07, 6.45) is 16.8. The van der Waals surface area contributed by atoms with E-state index in [1.807, 2.05) is 12.2 Å². The van der Waals surface area contributed by atoms with Crippen LogP contribution in [-0.4, -0.2) is 32.2 Å². The van der Waals surface area contributed by atoms with E-state index in [-0.39, 0.29) is 0 Å². The molecule has 180 valence electrons. The zero-order valence-electron chi connectivity index (χ0n) is 21.4. The van der Waals surface area contributed by atoms with Gasteiger partial charge in [0.2, 0.25) is 0 Å². The van der Waals surface area contributed by atoms with Crippen molar-refractivity contribution >= 4 is 0 Å². The number of unbranched alkanes of at least 4 members (excludes halogenated alkanes) is 5. The maximum Gasteiger partial charge on any atom is 0.0107 e. The molecule has 0 aromatic heterocycles. The van der Waals surface area contributed by atoms with Gasteiger partial charge in [0.1, 0.15) is 0 Å². The lowest BCUT2D eigenvalue weighted by molar-refractivity contribution is 0.484. The third kappa shape index (κ3) is 58.4. The van der Waals surface area contributed by atoms with E-state index >= 15 is 0 Å². The Morgan fingerprint density at radius 1 is 0.690 bits per heavy atom. The summed E-state index contributed by atoms with van der Waals surface area (Å²) in [7, 11) is 0. The van der Waals surface area contributed by atoms with Gasteiger partial charge in [-0.1, -0.05) is 98.6 Å². The monoisotopic (exact) mass is 416 g/mol. The topological polar surface area (TPSA) is 90.1 Å². The quantitative estimate of drug-likeness (QED) is 0.207. The molecule has 0 aliphatic rings. The summed E-state index contributed by atoms with van der Waals surface area (Å²) < 4.78 is 0. The smallest absolute Gasteiger partial charge is 0.0107 e. The Morgan fingerprint density at radius 3 is 1.59 bits per heavy atom. The molecule has 1 atom stereocenters. The van der Waals surface area contributed by atoms with Crippen LogP contribution in [-0.2, 0) is 0 Å². The van der Waals surface area contributed by atoms with Gasteiger partial charge in [0, 0.05) is 19.1 Å². The highest BCUT2D eigenvalue weighted by atomic mass is 14.9. The van der Waals surface area contributed by atoms with E-state index in [0.717, 1.165) is 12.5 Å². The van der Waals surface area contributed by atoms with Crippen molar-refractivity contribution in [3.63, 3.8) is 0 Å². The summed E-state index contributed by atoms with van der Waals surface area (Å²) in [4.78, 5) is 0. The van der Waals surface area contributed by atoms with Crippen LogP contribution in [0.2, 0.25) is 0 Å². The number of nitrogens with one attached hydrogen (secondary N) is 1. The average Bonchev–Trinajstić information content (AvgIpc) is 2.73. The Labute approximate surface area is 185 Å². The zero-order valence-corrected chi connectivity index (χ0v) is 21.4. The fraction of sp³-hybridized carbons (Fsp3) is 0.920. The van der Waals surface area contributed by atoms with Crippen LogP contribution in [0, 0.1) is 5.92 Å². The lowest BCUT2D eigenvalue weighted by Gasteiger charge is -2.11. The molecule has 4 nitrogen and oxygen atoms in total. The Balaban J connectivity index is -0.000000157. The molecule has 0 amide bonds. The van der Waals surface area contributed by atoms with E-state index < -0.39 is 0 Å². The molecule has 1 unspecified atom stereocenters. The Kier molecular flexibility index (Phi) is 47.4. The molecule has 0 fully saturated rings. The third-order valence-corrected chi connectivity index (χ3v) is 4.31. The molecule has 0 saturated carbocycles. The van der Waals surface area contributed by atoms with Gasteiger partial charge in [0.25, 0.3) is 0 Å². The lowest BCUT2D eigenvalue weighted by atomic mass is 10.1. The highest BCUT2D eigenvalue weighted by molar-refractivity contribution is 4.82. The van der Waals surface area contributed by atoms with Crippen LogP contribution in [0.1, 0.15) is 113 Å². The molecular formula is C25H60N4. The van der Waals surface area contributed by atoms with E-state index in [0.29, 0.717) is 19.1 Å². The summed E-state index contributed by atoms with van der Waals surface area (Å²) in [5.41, 5.74) is 15.4. The van der Waals surface area contributed by atoms with Crippen molar-refractivity contribution in [2.75, 3.05) is 26.2 Å². The standard InChI is InChI=1S/C11H25N.C6H15N.C4H10N2.C4H10/c1-5-11(4)12-9-7-6-8-10(2)3;1-2-3-4-5-6-7;5-3-1-2-4-6;1-3-4-2/h10-12H,5-9H2,1-4H3;2-7H2,1H3;1-2H,3-6H2;3-4H2,1-2H3/b;;2-1+;. The van der Waals surface area contributed by atoms with Gasteiger partial charge < -0.3 is 22.5 Å². The minimum Gasteiger partial charge on any atom is -0.330 e. The van der Waals surface area contributed by atoms with Crippen molar-refractivity contribution in [3.05, 3.63) is 12.2 Å². The van der Waals surface area contributed by atoms with Crippen molar-refractivity contribution in [1.82, 2.24) is 5.32 Å². The summed E-state index contributed by atoms with van der Waals surface area (Å²) >= 11 is 0. The first-order chi connectivity index (χ1) is 13.9. The van der Waals surface area contributed by atoms with Crippen LogP contribution in [0.3, 0.4) is 0 Å². The molecule has 0 bridgehead atoms. The maximum atomic E-state index is 5.27. The minimum absolute atomic E-state index is 0.594. The molecule has 0 spiro atoms. The Hall–Kier alpha value is -0.420. The average molecular weight is 417 g/mol.